The molecular weight excluding hydrogens is 113 g/mol. The van der Waals surface area contributed by atoms with Crippen LogP contribution in [0.5, 0.6) is 0 Å². The third kappa shape index (κ3) is 4820. The van der Waals surface area contributed by atoms with Crippen LogP contribution in [0.1, 0.15) is 1.43 Å². The van der Waals surface area contributed by atoms with Gasteiger partial charge in [0.05, 0.1) is 0 Å². The lowest BCUT2D eigenvalue weighted by Gasteiger charge is -2.17. The fraction of sp³-hybridized carbons (Fsp3) is 0. The second-order valence-corrected chi connectivity index (χ2v) is 1.13. The van der Waals surface area contributed by atoms with E-state index >= 15 is 0 Å². The van der Waals surface area contributed by atoms with Gasteiger partial charge in [0.25, 0.3) is 0 Å². The molecule has 0 aromatic rings. The molecule has 0 aromatic carbocycles. The van der Waals surface area contributed by atoms with Gasteiger partial charge in [-0.15, -0.1) is 10.2 Å². The summed E-state index contributed by atoms with van der Waals surface area (Å²) in [5.74, 6) is 0. The van der Waals surface area contributed by atoms with Gasteiger partial charge in [0.15, 0.2) is 0 Å². The van der Waals surface area contributed by atoms with Gasteiger partial charge in [-0.3, -0.25) is 0 Å². The van der Waals surface area contributed by atoms with E-state index in [1.165, 1.54) is 0 Å². The molecule has 0 unspecified atom stereocenters. The minimum Gasteiger partial charge on any atom is -0.344 e. The number of rotatable bonds is 0. The topological polar surface area (TPSA) is 127 Å². The van der Waals surface area contributed by atoms with E-state index in [9.17, 15) is 0 Å². The summed E-state index contributed by atoms with van der Waals surface area (Å²) < 4.78 is 34.0. The van der Waals surface area contributed by atoms with Crippen LogP contribution in [0, 0.1) is 10.2 Å². The molecule has 0 rings (SSSR count). The molecule has 0 amide bonds. The Morgan fingerprint density at radius 1 is 1.00 bits per heavy atom. The molecule has 0 aliphatic rings. The lowest BCUT2D eigenvalue weighted by atomic mass is 14.0. The maximum atomic E-state index is 8.49. The van der Waals surface area contributed by atoms with Crippen molar-refractivity contribution in [2.24, 2.45) is 0 Å². The maximum Gasteiger partial charge on any atom is 1.00 e. The Kier molecular flexibility index (Phi) is 3.61. The molecule has 0 aromatic heterocycles. The maximum absolute atomic E-state index is 8.49. The average molecular weight is 117 g/mol. The average Bonchev–Trinajstić information content (AvgIpc) is 0.722. The molecule has 0 radical (unpaired) electrons. The molecule has 0 aliphatic heterocycles. The molecule has 40 valence electrons. The van der Waals surface area contributed by atoms with Crippen molar-refractivity contribution in [3.63, 3.8) is 0 Å². The molecule has 0 aliphatic carbocycles. The Bertz CT molecular complexity index is 27.2. The van der Waals surface area contributed by atoms with Gasteiger partial charge in [0.1, 0.15) is 0 Å². The molecule has 0 spiro atoms. The second kappa shape index (κ2) is 2.30. The molecule has 0 saturated carbocycles. The van der Waals surface area contributed by atoms with Crippen molar-refractivity contribution < 1.29 is 30.3 Å². The summed E-state index contributed by atoms with van der Waals surface area (Å²) in [6.45, 7) is 0. The van der Waals surface area contributed by atoms with Crippen LogP contribution in [0.2, 0.25) is 0 Å². The summed E-state index contributed by atoms with van der Waals surface area (Å²) in [5, 5.41) is 0. The fourth-order valence-corrected chi connectivity index (χ4v) is 0. The first-order chi connectivity index (χ1) is 2.00. The summed E-state index contributed by atoms with van der Waals surface area (Å²) in [4.78, 5) is 0. The first kappa shape index (κ1) is 9.43. The van der Waals surface area contributed by atoms with Crippen molar-refractivity contribution in [2.75, 3.05) is 0 Å². The van der Waals surface area contributed by atoms with Crippen molar-refractivity contribution in [3.05, 3.63) is 0 Å². The van der Waals surface area contributed by atoms with Crippen LogP contribution in [-0.2, 0) is 0 Å². The van der Waals surface area contributed by atoms with Gasteiger partial charge in [-0.1, -0.05) is 0 Å². The zero-order valence-corrected chi connectivity index (χ0v) is 3.47. The smallest absolute Gasteiger partial charge is 0.344 e. The van der Waals surface area contributed by atoms with Crippen LogP contribution in [0.25, 0.3) is 0 Å². The molecule has 0 atom stereocenters. The monoisotopic (exact) mass is 117 g/mol. The molecule has 0 fully saturated rings. The van der Waals surface area contributed by atoms with Crippen LogP contribution in [0.4, 0.5) is 0 Å². The van der Waals surface area contributed by atoms with Gasteiger partial charge < -0.3 is 6.15 Å². The third-order valence-corrected chi connectivity index (χ3v) is 0. The van der Waals surface area contributed by atoms with Crippen LogP contribution in [-0.4, -0.2) is 0 Å². The quantitative estimate of drug-likeness (QED) is 0.342. The Morgan fingerprint density at radius 2 is 1.00 bits per heavy atom. The van der Waals surface area contributed by atoms with E-state index in [1.54, 1.807) is 0 Å². The highest BCUT2D eigenvalue weighted by Crippen LogP contribution is 1.49. The number of hydrogen-bond acceptors (Lipinski definition) is 5. The molecular formula is H4ClNO4. The molecule has 6 heteroatoms. The van der Waals surface area contributed by atoms with Crippen molar-refractivity contribution in [2.45, 2.75) is 0 Å². The molecule has 3 N–H and O–H groups in total. The van der Waals surface area contributed by atoms with Gasteiger partial charge in [-0.05, 0) is 0 Å². The predicted molar refractivity (Wildman–Crippen MR) is 6.13 cm³/mol. The van der Waals surface area contributed by atoms with Gasteiger partial charge in [0.2, 0.25) is 0 Å². The zero-order chi connectivity index (χ0) is 4.50. The Hall–Kier alpha value is 0.0900. The summed E-state index contributed by atoms with van der Waals surface area (Å²) in [7, 11) is -4.94. The van der Waals surface area contributed by atoms with Crippen LogP contribution >= 0.6 is 0 Å². The Morgan fingerprint density at radius 3 is 1.00 bits per heavy atom. The van der Waals surface area contributed by atoms with Gasteiger partial charge in [-0.25, -0.2) is 18.6 Å². The zero-order valence-electron chi connectivity index (χ0n) is 3.72. The minimum absolute atomic E-state index is 0. The van der Waals surface area contributed by atoms with E-state index in [1.807, 2.05) is 0 Å². The second-order valence-electron chi connectivity index (χ2n) is 0.378. The van der Waals surface area contributed by atoms with Crippen molar-refractivity contribution in [1.82, 2.24) is 6.15 Å². The molecule has 0 heterocycles. The van der Waals surface area contributed by atoms with Gasteiger partial charge in [-0.2, -0.15) is 0 Å². The molecule has 5 nitrogen and oxygen atoms in total. The predicted octanol–water partition coefficient (Wildman–Crippen LogP) is -4.48. The van der Waals surface area contributed by atoms with Crippen LogP contribution in [0.15, 0.2) is 0 Å². The molecule has 6 heavy (non-hydrogen) atoms. The Balaban J connectivity index is -0.0000000800. The van der Waals surface area contributed by atoms with Crippen LogP contribution < -0.4 is 24.8 Å². The van der Waals surface area contributed by atoms with E-state index in [0.29, 0.717) is 0 Å². The summed E-state index contributed by atoms with van der Waals surface area (Å²) >= 11 is 0. The highest BCUT2D eigenvalue weighted by atomic mass is 35.7. The lowest BCUT2D eigenvalue weighted by molar-refractivity contribution is -2.00. The van der Waals surface area contributed by atoms with E-state index < -0.39 is 10.2 Å². The summed E-state index contributed by atoms with van der Waals surface area (Å²) in [6.07, 6.45) is 0. The van der Waals surface area contributed by atoms with Crippen molar-refractivity contribution in [1.29, 1.82) is 0 Å². The largest absolute Gasteiger partial charge is 1.00 e. The highest BCUT2D eigenvalue weighted by molar-refractivity contribution is 2.13. The van der Waals surface area contributed by atoms with E-state index in [0.717, 1.165) is 0 Å². The van der Waals surface area contributed by atoms with E-state index in [4.69, 9.17) is 18.6 Å². The first-order valence-electron chi connectivity index (χ1n) is 0.617. The molecule has 0 bridgehead atoms. The van der Waals surface area contributed by atoms with Crippen LogP contribution in [0.3, 0.4) is 0 Å². The number of hydrogen-bond donors (Lipinski definition) is 1. The van der Waals surface area contributed by atoms with Gasteiger partial charge >= 0.3 is 1.43 Å². The minimum atomic E-state index is -4.94. The first-order valence-corrected chi connectivity index (χ1v) is 1.85. The summed E-state index contributed by atoms with van der Waals surface area (Å²) in [5.41, 5.74) is 0. The highest BCUT2D eigenvalue weighted by Gasteiger charge is 1.84. The SMILES string of the molecule is N.[H+].[O-][Cl+3]([O-])([O-])[O-]. The fourth-order valence-electron chi connectivity index (χ4n) is 0. The summed E-state index contributed by atoms with van der Waals surface area (Å²) in [6, 6.07) is 0. The van der Waals surface area contributed by atoms with Crippen molar-refractivity contribution >= 4 is 0 Å². The lowest BCUT2D eigenvalue weighted by Crippen LogP contribution is -2.68. The number of halogens is 1. The Labute approximate surface area is 37.6 Å². The van der Waals surface area contributed by atoms with E-state index in [2.05, 4.69) is 0 Å². The van der Waals surface area contributed by atoms with E-state index in [-0.39, 0.29) is 7.58 Å². The standard InChI is InChI=1S/ClHO4.H3N/c2-1(3,4)5;/h(H,2,3,4,5);1H3. The van der Waals surface area contributed by atoms with Crippen molar-refractivity contribution in [3.8, 4) is 0 Å². The third-order valence-electron chi connectivity index (χ3n) is 0. The normalized spacial score (nSPS) is 10.0. The molecule has 0 saturated heterocycles. The van der Waals surface area contributed by atoms with Gasteiger partial charge in [0, 0.05) is 0 Å².